The van der Waals surface area contributed by atoms with Gasteiger partial charge < -0.3 is 14.1 Å². The third-order valence-corrected chi connectivity index (χ3v) is 3.48. The number of amides is 1. The Kier molecular flexibility index (Phi) is 4.06. The minimum absolute atomic E-state index is 0.205. The van der Waals surface area contributed by atoms with Crippen molar-refractivity contribution in [3.8, 4) is 5.75 Å². The number of anilines is 1. The van der Waals surface area contributed by atoms with Crippen LogP contribution in [0.25, 0.3) is 10.9 Å². The summed E-state index contributed by atoms with van der Waals surface area (Å²) in [6, 6.07) is 7.56. The molecule has 3 rings (SSSR count). The molecule has 120 valence electrons. The van der Waals surface area contributed by atoms with Crippen molar-refractivity contribution in [1.29, 1.82) is 0 Å². The van der Waals surface area contributed by atoms with Gasteiger partial charge in [0.1, 0.15) is 17.7 Å². The molecule has 2 N–H and O–H groups in total. The smallest absolute Gasteiger partial charge is 0.301 e. The largest absolute Gasteiger partial charge is 0.496 e. The molecule has 2 heterocycles. The summed E-state index contributed by atoms with van der Waals surface area (Å²) < 4.78 is 10.6. The number of hydrogen-bond donors (Lipinski definition) is 2. The number of ether oxygens (including phenoxy) is 1. The predicted molar refractivity (Wildman–Crippen MR) is 87.8 cm³/mol. The molecule has 0 fully saturated rings. The second kappa shape index (κ2) is 6.16. The molecule has 1 amide bonds. The van der Waals surface area contributed by atoms with Gasteiger partial charge in [-0.25, -0.2) is 0 Å². The van der Waals surface area contributed by atoms with E-state index in [9.17, 15) is 4.79 Å². The van der Waals surface area contributed by atoms with Crippen molar-refractivity contribution in [2.75, 3.05) is 12.4 Å². The van der Waals surface area contributed by atoms with Crippen LogP contribution in [-0.2, 0) is 6.42 Å². The lowest BCUT2D eigenvalue weighted by Gasteiger charge is -1.99. The lowest BCUT2D eigenvalue weighted by Crippen LogP contribution is -2.12. The van der Waals surface area contributed by atoms with Crippen LogP contribution in [0.1, 0.15) is 30.0 Å². The number of carbonyl (C=O) groups excluding carboxylic acids is 1. The minimum atomic E-state index is -0.304. The van der Waals surface area contributed by atoms with E-state index < -0.39 is 0 Å². The number of aromatic nitrogens is 2. The van der Waals surface area contributed by atoms with E-state index in [1.165, 1.54) is 0 Å². The molecule has 0 saturated carbocycles. The zero-order valence-corrected chi connectivity index (χ0v) is 13.3. The fourth-order valence-corrected chi connectivity index (χ4v) is 2.47. The third-order valence-electron chi connectivity index (χ3n) is 3.48. The molecule has 0 unspecified atom stereocenters. The van der Waals surface area contributed by atoms with Crippen LogP contribution in [0, 0.1) is 5.92 Å². The monoisotopic (exact) mass is 313 g/mol. The number of methoxy groups -OCH3 is 1. The van der Waals surface area contributed by atoms with Crippen molar-refractivity contribution >= 4 is 22.8 Å². The van der Waals surface area contributed by atoms with Gasteiger partial charge in [-0.3, -0.25) is 10.1 Å². The number of oxazole rings is 1. The van der Waals surface area contributed by atoms with E-state index in [-0.39, 0.29) is 11.9 Å². The number of nitrogens with one attached hydrogen (secondary N) is 2. The molecule has 6 heteroatoms. The Hall–Kier alpha value is -2.76. The topological polar surface area (TPSA) is 80.2 Å². The molecule has 0 spiro atoms. The highest BCUT2D eigenvalue weighted by Gasteiger charge is 2.15. The number of H-pyrrole nitrogens is 1. The van der Waals surface area contributed by atoms with Crippen LogP contribution >= 0.6 is 0 Å². The number of carbonyl (C=O) groups is 1. The number of rotatable bonds is 5. The van der Waals surface area contributed by atoms with Gasteiger partial charge in [0.15, 0.2) is 0 Å². The van der Waals surface area contributed by atoms with Crippen molar-refractivity contribution in [2.45, 2.75) is 20.3 Å². The van der Waals surface area contributed by atoms with Gasteiger partial charge in [0.2, 0.25) is 0 Å². The van der Waals surface area contributed by atoms with Crippen molar-refractivity contribution < 1.29 is 13.9 Å². The molecule has 3 aromatic rings. The Labute approximate surface area is 133 Å². The lowest BCUT2D eigenvalue weighted by atomic mass is 10.1. The maximum Gasteiger partial charge on any atom is 0.301 e. The minimum Gasteiger partial charge on any atom is -0.496 e. The first-order chi connectivity index (χ1) is 11.1. The molecule has 6 nitrogen and oxygen atoms in total. The Balaban J connectivity index is 1.79. The summed E-state index contributed by atoms with van der Waals surface area (Å²) in [5.74, 6) is 0.888. The first-order valence-electron chi connectivity index (χ1n) is 7.48. The molecule has 1 aromatic carbocycles. The summed E-state index contributed by atoms with van der Waals surface area (Å²) in [5, 5.41) is 3.52. The van der Waals surface area contributed by atoms with Crippen molar-refractivity contribution in [2.24, 2.45) is 5.92 Å². The fourth-order valence-electron chi connectivity index (χ4n) is 2.47. The molecular formula is C17H19N3O3. The van der Waals surface area contributed by atoms with Crippen LogP contribution in [0.5, 0.6) is 5.75 Å². The second-order valence-corrected chi connectivity index (χ2v) is 5.80. The van der Waals surface area contributed by atoms with Gasteiger partial charge in [-0.05, 0) is 30.5 Å². The highest BCUT2D eigenvalue weighted by atomic mass is 16.5. The van der Waals surface area contributed by atoms with Crippen molar-refractivity contribution in [1.82, 2.24) is 9.97 Å². The average Bonchev–Trinajstić information content (AvgIpc) is 3.12. The SMILES string of the molecule is COc1cccc2[nH]c(C(=O)Nc3nc(CC(C)C)co3)cc12. The molecule has 0 radical (unpaired) electrons. The van der Waals surface area contributed by atoms with E-state index in [1.54, 1.807) is 19.4 Å². The van der Waals surface area contributed by atoms with Gasteiger partial charge in [0.25, 0.3) is 5.91 Å². The summed E-state index contributed by atoms with van der Waals surface area (Å²) in [6.45, 7) is 4.20. The van der Waals surface area contributed by atoms with Crippen LogP contribution in [0.2, 0.25) is 0 Å². The molecule has 0 aliphatic heterocycles. The van der Waals surface area contributed by atoms with Crippen LogP contribution in [0.3, 0.4) is 0 Å². The first kappa shape index (κ1) is 15.1. The van der Waals surface area contributed by atoms with Gasteiger partial charge in [-0.1, -0.05) is 19.9 Å². The van der Waals surface area contributed by atoms with E-state index in [1.807, 2.05) is 18.2 Å². The molecule has 2 aromatic heterocycles. The molecule has 0 atom stereocenters. The number of fused-ring (bicyclic) bond motifs is 1. The van der Waals surface area contributed by atoms with E-state index in [0.29, 0.717) is 17.4 Å². The van der Waals surface area contributed by atoms with Gasteiger partial charge in [-0.15, -0.1) is 0 Å². The molecule has 0 aliphatic carbocycles. The van der Waals surface area contributed by atoms with Crippen molar-refractivity contribution in [3.05, 3.63) is 41.9 Å². The van der Waals surface area contributed by atoms with Crippen LogP contribution in [0.4, 0.5) is 6.01 Å². The number of benzene rings is 1. The molecule has 23 heavy (non-hydrogen) atoms. The highest BCUT2D eigenvalue weighted by molar-refractivity contribution is 6.05. The maximum absolute atomic E-state index is 12.3. The van der Waals surface area contributed by atoms with Gasteiger partial charge in [0.05, 0.1) is 12.8 Å². The van der Waals surface area contributed by atoms with Crippen LogP contribution in [0.15, 0.2) is 34.9 Å². The Bertz CT molecular complexity index is 833. The fraction of sp³-hybridized carbons (Fsp3) is 0.294. The van der Waals surface area contributed by atoms with Gasteiger partial charge >= 0.3 is 6.01 Å². The molecule has 0 aliphatic rings. The van der Waals surface area contributed by atoms with E-state index >= 15 is 0 Å². The lowest BCUT2D eigenvalue weighted by molar-refractivity contribution is 0.102. The number of aromatic amines is 1. The Morgan fingerprint density at radius 3 is 3.00 bits per heavy atom. The molecule has 0 saturated heterocycles. The second-order valence-electron chi connectivity index (χ2n) is 5.80. The predicted octanol–water partition coefficient (Wildman–Crippen LogP) is 3.62. The van der Waals surface area contributed by atoms with Crippen molar-refractivity contribution in [3.63, 3.8) is 0 Å². The summed E-state index contributed by atoms with van der Waals surface area (Å²) in [5.41, 5.74) is 2.09. The van der Waals surface area contributed by atoms with E-state index in [2.05, 4.69) is 29.1 Å². The Morgan fingerprint density at radius 1 is 1.43 bits per heavy atom. The number of nitrogens with zero attached hydrogens (tertiary/aromatic N) is 1. The molecular weight excluding hydrogens is 294 g/mol. The van der Waals surface area contributed by atoms with Gasteiger partial charge in [0, 0.05) is 10.9 Å². The summed E-state index contributed by atoms with van der Waals surface area (Å²) in [6.07, 6.45) is 2.38. The summed E-state index contributed by atoms with van der Waals surface area (Å²) in [7, 11) is 1.60. The standard InChI is InChI=1S/C17H19N3O3/c1-10(2)7-11-9-23-17(18-11)20-16(21)14-8-12-13(19-14)5-4-6-15(12)22-3/h4-6,8-10,19H,7H2,1-3H3,(H,18,20,21). The average molecular weight is 313 g/mol. The summed E-state index contributed by atoms with van der Waals surface area (Å²) >= 11 is 0. The molecule has 0 bridgehead atoms. The van der Waals surface area contributed by atoms with E-state index in [0.717, 1.165) is 23.0 Å². The van der Waals surface area contributed by atoms with Crippen LogP contribution in [-0.4, -0.2) is 23.0 Å². The van der Waals surface area contributed by atoms with E-state index in [4.69, 9.17) is 9.15 Å². The normalized spacial score (nSPS) is 11.1. The highest BCUT2D eigenvalue weighted by Crippen LogP contribution is 2.26. The van der Waals surface area contributed by atoms with Crippen LogP contribution < -0.4 is 10.1 Å². The Morgan fingerprint density at radius 2 is 2.26 bits per heavy atom. The maximum atomic E-state index is 12.3. The third kappa shape index (κ3) is 3.21. The first-order valence-corrected chi connectivity index (χ1v) is 7.48. The van der Waals surface area contributed by atoms with Gasteiger partial charge in [-0.2, -0.15) is 4.98 Å². The quantitative estimate of drug-likeness (QED) is 0.754. The zero-order chi connectivity index (χ0) is 16.4. The zero-order valence-electron chi connectivity index (χ0n) is 13.3. The summed E-state index contributed by atoms with van der Waals surface area (Å²) in [4.78, 5) is 19.7. The number of hydrogen-bond acceptors (Lipinski definition) is 4.